The second kappa shape index (κ2) is 2.46. The first-order chi connectivity index (χ1) is 4.54. The molecule has 4 heteroatoms. The first kappa shape index (κ1) is 7.92. The van der Waals surface area contributed by atoms with Crippen LogP contribution in [0.5, 0.6) is 0 Å². The van der Waals surface area contributed by atoms with Crippen LogP contribution in [0, 0.1) is 0 Å². The van der Waals surface area contributed by atoms with Gasteiger partial charge in [-0.2, -0.15) is 0 Å². The van der Waals surface area contributed by atoms with Crippen LogP contribution in [0.15, 0.2) is 22.9 Å². The van der Waals surface area contributed by atoms with Crippen LogP contribution in [0.3, 0.4) is 0 Å². The van der Waals surface area contributed by atoms with Crippen LogP contribution in [0.1, 0.15) is 6.42 Å². The van der Waals surface area contributed by atoms with Gasteiger partial charge in [0.2, 0.25) is 0 Å². The molecule has 0 fully saturated rings. The monoisotopic (exact) mass is 179 g/mol. The fourth-order valence-corrected chi connectivity index (χ4v) is 1.04. The summed E-state index contributed by atoms with van der Waals surface area (Å²) in [6, 6.07) is 0. The molecule has 0 aliphatic heterocycles. The highest BCUT2D eigenvalue weighted by molar-refractivity contribution is 6.39. The van der Waals surface area contributed by atoms with E-state index in [1.165, 1.54) is 6.08 Å². The van der Waals surface area contributed by atoms with E-state index in [9.17, 15) is 0 Å². The maximum Gasteiger partial charge on any atom is 0.134 e. The van der Waals surface area contributed by atoms with Crippen molar-refractivity contribution in [2.45, 2.75) is 11.4 Å². The lowest BCUT2D eigenvalue weighted by molar-refractivity contribution is 0.417. The lowest BCUT2D eigenvalue weighted by Gasteiger charge is -2.22. The number of hydrogen-bond donors (Lipinski definition) is 2. The van der Waals surface area contributed by atoms with Crippen molar-refractivity contribution in [1.29, 1.82) is 0 Å². The number of aliphatic hydroxyl groups is 1. The molecular formula is C6H7Cl2NO. The normalized spacial score (nSPS) is 33.1. The van der Waals surface area contributed by atoms with Crippen molar-refractivity contribution in [3.05, 3.63) is 22.9 Å². The molecule has 10 heavy (non-hydrogen) atoms. The van der Waals surface area contributed by atoms with E-state index in [0.29, 0.717) is 6.42 Å². The molecule has 1 atom stereocenters. The Morgan fingerprint density at radius 3 is 2.70 bits per heavy atom. The predicted octanol–water partition coefficient (Wildman–Crippen LogP) is 1.85. The zero-order chi connectivity index (χ0) is 7.78. The van der Waals surface area contributed by atoms with Crippen LogP contribution >= 0.6 is 23.2 Å². The summed E-state index contributed by atoms with van der Waals surface area (Å²) in [7, 11) is 0. The van der Waals surface area contributed by atoms with Crippen molar-refractivity contribution < 1.29 is 5.11 Å². The number of aliphatic hydroxyl groups excluding tert-OH is 1. The van der Waals surface area contributed by atoms with E-state index in [1.807, 2.05) is 0 Å². The van der Waals surface area contributed by atoms with Gasteiger partial charge in [-0.25, -0.2) is 0 Å². The summed E-state index contributed by atoms with van der Waals surface area (Å²) >= 11 is 11.3. The van der Waals surface area contributed by atoms with Crippen molar-refractivity contribution in [2.24, 2.45) is 5.73 Å². The van der Waals surface area contributed by atoms with Gasteiger partial charge in [-0.3, -0.25) is 0 Å². The third kappa shape index (κ3) is 1.29. The zero-order valence-electron chi connectivity index (χ0n) is 5.14. The van der Waals surface area contributed by atoms with E-state index < -0.39 is 5.00 Å². The van der Waals surface area contributed by atoms with Crippen LogP contribution in [0.2, 0.25) is 0 Å². The lowest BCUT2D eigenvalue weighted by atomic mass is 10.1. The van der Waals surface area contributed by atoms with E-state index in [0.717, 1.165) is 0 Å². The van der Waals surface area contributed by atoms with Crippen molar-refractivity contribution in [2.75, 3.05) is 0 Å². The Morgan fingerprint density at radius 2 is 2.30 bits per heavy atom. The van der Waals surface area contributed by atoms with E-state index in [2.05, 4.69) is 0 Å². The molecule has 3 N–H and O–H groups in total. The number of halogens is 2. The first-order valence-corrected chi connectivity index (χ1v) is 3.53. The number of hydrogen-bond acceptors (Lipinski definition) is 2. The summed E-state index contributed by atoms with van der Waals surface area (Å²) in [6.45, 7) is 0. The summed E-state index contributed by atoms with van der Waals surface area (Å²) in [6.07, 6.45) is 3.60. The predicted molar refractivity (Wildman–Crippen MR) is 42.0 cm³/mol. The molecular weight excluding hydrogens is 173 g/mol. The van der Waals surface area contributed by atoms with Crippen LogP contribution in [0.4, 0.5) is 0 Å². The Morgan fingerprint density at radius 1 is 1.70 bits per heavy atom. The summed E-state index contributed by atoms with van der Waals surface area (Å²) in [5.41, 5.74) is 5.48. The van der Waals surface area contributed by atoms with Crippen LogP contribution in [0.25, 0.3) is 0 Å². The van der Waals surface area contributed by atoms with Crippen molar-refractivity contribution in [3.63, 3.8) is 0 Å². The van der Waals surface area contributed by atoms with Crippen LogP contribution in [-0.4, -0.2) is 10.1 Å². The maximum atomic E-state index is 9.01. The molecule has 0 saturated carbocycles. The minimum Gasteiger partial charge on any atom is -0.507 e. The number of nitrogens with two attached hydrogens (primary N) is 1. The van der Waals surface area contributed by atoms with Gasteiger partial charge in [0.15, 0.2) is 0 Å². The van der Waals surface area contributed by atoms with Gasteiger partial charge in [-0.1, -0.05) is 29.3 Å². The van der Waals surface area contributed by atoms with E-state index >= 15 is 0 Å². The molecule has 1 unspecified atom stereocenters. The van der Waals surface area contributed by atoms with Crippen molar-refractivity contribution >= 4 is 23.2 Å². The highest BCUT2D eigenvalue weighted by Crippen LogP contribution is 2.32. The van der Waals surface area contributed by atoms with E-state index in [4.69, 9.17) is 34.0 Å². The molecule has 0 aromatic rings. The molecule has 0 saturated heterocycles. The van der Waals surface area contributed by atoms with Gasteiger partial charge in [-0.15, -0.1) is 0 Å². The summed E-state index contributed by atoms with van der Waals surface area (Å²) in [5.74, 6) is -0.0505. The van der Waals surface area contributed by atoms with Gasteiger partial charge < -0.3 is 10.8 Å². The largest absolute Gasteiger partial charge is 0.507 e. The quantitative estimate of drug-likeness (QED) is 0.441. The average molecular weight is 180 g/mol. The minimum absolute atomic E-state index is 0.0505. The average Bonchev–Trinajstić information content (AvgIpc) is 1.83. The highest BCUT2D eigenvalue weighted by atomic mass is 35.5. The second-order valence-electron chi connectivity index (χ2n) is 2.17. The topological polar surface area (TPSA) is 46.2 Å². The molecule has 1 rings (SSSR count). The Balaban J connectivity index is 2.99. The van der Waals surface area contributed by atoms with E-state index in [1.54, 1.807) is 6.08 Å². The third-order valence-electron chi connectivity index (χ3n) is 1.28. The molecule has 0 radical (unpaired) electrons. The number of allylic oxidation sites excluding steroid dienone is 1. The molecule has 0 heterocycles. The molecule has 1 aliphatic rings. The molecule has 0 aromatic heterocycles. The smallest absolute Gasteiger partial charge is 0.134 e. The number of rotatable bonds is 0. The number of alkyl halides is 1. The van der Waals surface area contributed by atoms with Gasteiger partial charge in [-0.05, 0) is 6.08 Å². The Kier molecular flexibility index (Phi) is 1.95. The minimum atomic E-state index is -1.11. The van der Waals surface area contributed by atoms with Gasteiger partial charge in [0.05, 0.1) is 5.03 Å². The fourth-order valence-electron chi connectivity index (χ4n) is 0.718. The van der Waals surface area contributed by atoms with Gasteiger partial charge in [0, 0.05) is 6.42 Å². The zero-order valence-corrected chi connectivity index (χ0v) is 6.65. The molecule has 0 bridgehead atoms. The van der Waals surface area contributed by atoms with Crippen molar-refractivity contribution in [1.82, 2.24) is 0 Å². The van der Waals surface area contributed by atoms with Gasteiger partial charge in [0.1, 0.15) is 10.8 Å². The Bertz CT molecular complexity index is 208. The van der Waals surface area contributed by atoms with Crippen LogP contribution < -0.4 is 5.73 Å². The van der Waals surface area contributed by atoms with Gasteiger partial charge >= 0.3 is 0 Å². The Hall–Kier alpha value is -0.180. The fraction of sp³-hybridized carbons (Fsp3) is 0.333. The molecule has 1 aliphatic carbocycles. The molecule has 2 nitrogen and oxygen atoms in total. The SMILES string of the molecule is NC1(Cl)CC=CC(O)=C1Cl. The van der Waals surface area contributed by atoms with Gasteiger partial charge in [0.25, 0.3) is 0 Å². The Labute approximate surface area is 68.9 Å². The maximum absolute atomic E-state index is 9.01. The third-order valence-corrected chi connectivity index (χ3v) is 2.25. The molecule has 0 amide bonds. The molecule has 0 spiro atoms. The highest BCUT2D eigenvalue weighted by Gasteiger charge is 2.29. The summed E-state index contributed by atoms with van der Waals surface area (Å²) < 4.78 is 0. The van der Waals surface area contributed by atoms with Crippen LogP contribution in [-0.2, 0) is 0 Å². The summed E-state index contributed by atoms with van der Waals surface area (Å²) in [4.78, 5) is -1.11. The standard InChI is InChI=1S/C6H7Cl2NO/c7-5-4(10)2-1-3-6(5,8)9/h1-2,10H,3,9H2. The van der Waals surface area contributed by atoms with E-state index in [-0.39, 0.29) is 10.8 Å². The molecule has 56 valence electrons. The second-order valence-corrected chi connectivity index (χ2v) is 3.22. The van der Waals surface area contributed by atoms with Crippen molar-refractivity contribution in [3.8, 4) is 0 Å². The summed E-state index contributed by atoms with van der Waals surface area (Å²) in [5, 5.41) is 9.12. The molecule has 0 aromatic carbocycles. The lowest BCUT2D eigenvalue weighted by Crippen LogP contribution is -2.34. The first-order valence-electron chi connectivity index (χ1n) is 2.77.